The molecule has 3 nitrogen and oxygen atoms in total. The van der Waals surface area contributed by atoms with Crippen LogP contribution in [-0.4, -0.2) is 22.6 Å². The number of anilines is 1. The fourth-order valence-electron chi connectivity index (χ4n) is 3.13. The highest BCUT2D eigenvalue weighted by Gasteiger charge is 2.35. The van der Waals surface area contributed by atoms with E-state index in [2.05, 4.69) is 14.9 Å². The molecular weight excluding hydrogens is 174 g/mol. The first-order valence-corrected chi connectivity index (χ1v) is 5.71. The van der Waals surface area contributed by atoms with E-state index >= 15 is 0 Å². The van der Waals surface area contributed by atoms with Crippen molar-refractivity contribution in [2.75, 3.05) is 11.4 Å². The van der Waals surface area contributed by atoms with Crippen LogP contribution in [0.5, 0.6) is 0 Å². The third kappa shape index (κ3) is 1.22. The molecule has 2 heterocycles. The van der Waals surface area contributed by atoms with E-state index in [1.165, 1.54) is 38.6 Å². The monoisotopic (exact) mass is 191 g/mol. The number of hydrogen-bond donors (Lipinski definition) is 1. The average molecular weight is 191 g/mol. The summed E-state index contributed by atoms with van der Waals surface area (Å²) in [4.78, 5) is 10.1. The van der Waals surface area contributed by atoms with Crippen LogP contribution in [0.15, 0.2) is 12.4 Å². The Labute approximate surface area is 84.5 Å². The molecule has 0 radical (unpaired) electrons. The van der Waals surface area contributed by atoms with Crippen LogP contribution in [0.3, 0.4) is 0 Å². The number of hydrogen-bond acceptors (Lipinski definition) is 2. The van der Waals surface area contributed by atoms with Gasteiger partial charge in [-0.3, -0.25) is 0 Å². The number of rotatable bonds is 1. The Morgan fingerprint density at radius 1 is 1.29 bits per heavy atom. The number of nitrogens with zero attached hydrogens (tertiary/aromatic N) is 2. The zero-order chi connectivity index (χ0) is 9.38. The lowest BCUT2D eigenvalue weighted by molar-refractivity contribution is 0.359. The van der Waals surface area contributed by atoms with Crippen molar-refractivity contribution in [2.45, 2.75) is 38.1 Å². The Bertz CT molecular complexity index is 293. The highest BCUT2D eigenvalue weighted by Crippen LogP contribution is 2.37. The number of aromatic nitrogens is 2. The molecule has 1 N–H and O–H groups in total. The first-order chi connectivity index (χ1) is 6.95. The van der Waals surface area contributed by atoms with E-state index in [4.69, 9.17) is 0 Å². The third-order valence-corrected chi connectivity index (χ3v) is 3.75. The van der Waals surface area contributed by atoms with Gasteiger partial charge in [0.05, 0.1) is 0 Å². The second kappa shape index (κ2) is 3.30. The maximum absolute atomic E-state index is 4.37. The van der Waals surface area contributed by atoms with Crippen LogP contribution in [-0.2, 0) is 0 Å². The molecule has 2 aliphatic rings. The van der Waals surface area contributed by atoms with Crippen molar-refractivity contribution in [3.05, 3.63) is 12.4 Å². The summed E-state index contributed by atoms with van der Waals surface area (Å²) in [6.45, 7) is 1.19. The van der Waals surface area contributed by atoms with E-state index in [0.717, 1.165) is 17.9 Å². The first kappa shape index (κ1) is 8.33. The van der Waals surface area contributed by atoms with Crippen molar-refractivity contribution < 1.29 is 0 Å². The van der Waals surface area contributed by atoms with Crippen molar-refractivity contribution in [1.82, 2.24) is 9.97 Å². The van der Waals surface area contributed by atoms with Gasteiger partial charge in [-0.15, -0.1) is 0 Å². The van der Waals surface area contributed by atoms with E-state index in [1.807, 2.05) is 12.4 Å². The van der Waals surface area contributed by atoms with Crippen LogP contribution >= 0.6 is 0 Å². The summed E-state index contributed by atoms with van der Waals surface area (Å²) in [5.41, 5.74) is 0. The predicted octanol–water partition coefficient (Wildman–Crippen LogP) is 2.18. The van der Waals surface area contributed by atoms with E-state index in [1.54, 1.807) is 0 Å². The van der Waals surface area contributed by atoms with E-state index in [0.29, 0.717) is 0 Å². The van der Waals surface area contributed by atoms with Gasteiger partial charge < -0.3 is 9.88 Å². The Morgan fingerprint density at radius 3 is 3.07 bits per heavy atom. The largest absolute Gasteiger partial charge is 0.339 e. The van der Waals surface area contributed by atoms with E-state index in [-0.39, 0.29) is 0 Å². The molecule has 1 aliphatic heterocycles. The summed E-state index contributed by atoms with van der Waals surface area (Å²) in [5, 5.41) is 0. The minimum absolute atomic E-state index is 0.773. The SMILES string of the molecule is c1c[nH]c(N2CCCC3CCCC32)n1. The van der Waals surface area contributed by atoms with Gasteiger partial charge >= 0.3 is 0 Å². The number of piperidine rings is 1. The van der Waals surface area contributed by atoms with Gasteiger partial charge in [0.1, 0.15) is 0 Å². The summed E-state index contributed by atoms with van der Waals surface area (Å²) in [7, 11) is 0. The van der Waals surface area contributed by atoms with Crippen LogP contribution in [0.4, 0.5) is 5.95 Å². The summed E-state index contributed by atoms with van der Waals surface area (Å²) < 4.78 is 0. The molecule has 14 heavy (non-hydrogen) atoms. The van der Waals surface area contributed by atoms with Gasteiger partial charge in [0.25, 0.3) is 0 Å². The quantitative estimate of drug-likeness (QED) is 0.737. The number of imidazole rings is 1. The summed E-state index contributed by atoms with van der Waals surface area (Å²) >= 11 is 0. The summed E-state index contributed by atoms with van der Waals surface area (Å²) in [5.74, 6) is 2.02. The molecule has 2 atom stereocenters. The minimum Gasteiger partial charge on any atom is -0.339 e. The number of aromatic amines is 1. The smallest absolute Gasteiger partial charge is 0.202 e. The Morgan fingerprint density at radius 2 is 2.21 bits per heavy atom. The van der Waals surface area contributed by atoms with Crippen molar-refractivity contribution >= 4 is 5.95 Å². The Kier molecular flexibility index (Phi) is 1.96. The molecule has 76 valence electrons. The molecule has 1 aromatic rings. The molecule has 2 unspecified atom stereocenters. The lowest BCUT2D eigenvalue weighted by Crippen LogP contribution is -2.43. The topological polar surface area (TPSA) is 31.9 Å². The van der Waals surface area contributed by atoms with Gasteiger partial charge in [-0.05, 0) is 31.6 Å². The van der Waals surface area contributed by atoms with Crippen LogP contribution in [0.2, 0.25) is 0 Å². The van der Waals surface area contributed by atoms with Crippen molar-refractivity contribution in [3.8, 4) is 0 Å². The minimum atomic E-state index is 0.773. The van der Waals surface area contributed by atoms with Crippen molar-refractivity contribution in [1.29, 1.82) is 0 Å². The molecule has 0 bridgehead atoms. The normalized spacial score (nSPS) is 31.9. The molecule has 3 heteroatoms. The summed E-state index contributed by atoms with van der Waals surface area (Å²) in [6.07, 6.45) is 10.8. The van der Waals surface area contributed by atoms with Gasteiger partial charge in [0.2, 0.25) is 5.95 Å². The number of H-pyrrole nitrogens is 1. The molecule has 2 fully saturated rings. The van der Waals surface area contributed by atoms with Crippen LogP contribution in [0, 0.1) is 5.92 Å². The van der Waals surface area contributed by atoms with Gasteiger partial charge in [-0.2, -0.15) is 0 Å². The molecular formula is C11H17N3. The van der Waals surface area contributed by atoms with E-state index < -0.39 is 0 Å². The Balaban J connectivity index is 1.84. The maximum Gasteiger partial charge on any atom is 0.202 e. The van der Waals surface area contributed by atoms with Gasteiger partial charge in [-0.25, -0.2) is 4.98 Å². The van der Waals surface area contributed by atoms with Crippen LogP contribution in [0.25, 0.3) is 0 Å². The fraction of sp³-hybridized carbons (Fsp3) is 0.727. The van der Waals surface area contributed by atoms with Gasteiger partial charge in [0, 0.05) is 25.0 Å². The third-order valence-electron chi connectivity index (χ3n) is 3.75. The van der Waals surface area contributed by atoms with Crippen LogP contribution < -0.4 is 4.90 Å². The predicted molar refractivity (Wildman–Crippen MR) is 56.3 cm³/mol. The molecule has 0 spiro atoms. The summed E-state index contributed by atoms with van der Waals surface area (Å²) in [6, 6.07) is 0.773. The number of nitrogens with one attached hydrogen (secondary N) is 1. The second-order valence-corrected chi connectivity index (χ2v) is 4.51. The number of fused-ring (bicyclic) bond motifs is 1. The van der Waals surface area contributed by atoms with Crippen molar-refractivity contribution in [3.63, 3.8) is 0 Å². The molecule has 1 saturated carbocycles. The average Bonchev–Trinajstić information content (AvgIpc) is 2.88. The highest BCUT2D eigenvalue weighted by atomic mass is 15.3. The van der Waals surface area contributed by atoms with Crippen molar-refractivity contribution in [2.24, 2.45) is 5.92 Å². The maximum atomic E-state index is 4.37. The first-order valence-electron chi connectivity index (χ1n) is 5.71. The zero-order valence-electron chi connectivity index (χ0n) is 8.45. The lowest BCUT2D eigenvalue weighted by atomic mass is 9.92. The Hall–Kier alpha value is -0.990. The standard InChI is InChI=1S/C11H17N3/c1-3-9-4-2-8-14(10(9)5-1)11-12-6-7-13-11/h6-7,9-10H,1-5,8H2,(H,12,13). The van der Waals surface area contributed by atoms with Gasteiger partial charge in [-0.1, -0.05) is 6.42 Å². The fourth-order valence-corrected chi connectivity index (χ4v) is 3.13. The second-order valence-electron chi connectivity index (χ2n) is 4.51. The lowest BCUT2D eigenvalue weighted by Gasteiger charge is -2.37. The highest BCUT2D eigenvalue weighted by molar-refractivity contribution is 5.32. The molecule has 1 saturated heterocycles. The van der Waals surface area contributed by atoms with Gasteiger partial charge in [0.15, 0.2) is 0 Å². The molecule has 3 rings (SSSR count). The van der Waals surface area contributed by atoms with Crippen LogP contribution in [0.1, 0.15) is 32.1 Å². The van der Waals surface area contributed by atoms with E-state index in [9.17, 15) is 0 Å². The molecule has 0 amide bonds. The molecule has 1 aromatic heterocycles. The zero-order valence-corrected chi connectivity index (χ0v) is 8.45. The molecule has 0 aromatic carbocycles. The molecule has 1 aliphatic carbocycles.